The van der Waals surface area contributed by atoms with Crippen molar-refractivity contribution in [3.05, 3.63) is 56.7 Å². The maximum absolute atomic E-state index is 6.37. The van der Waals surface area contributed by atoms with E-state index in [9.17, 15) is 0 Å². The van der Waals surface area contributed by atoms with Crippen LogP contribution in [0.1, 0.15) is 5.56 Å². The Morgan fingerprint density at radius 1 is 1.13 bits per heavy atom. The summed E-state index contributed by atoms with van der Waals surface area (Å²) in [5.74, 6) is 1.72. The van der Waals surface area contributed by atoms with E-state index in [0.717, 1.165) is 14.9 Å². The molecule has 0 amide bonds. The third-order valence-corrected chi connectivity index (χ3v) is 7.48. The molecule has 7 nitrogen and oxygen atoms in total. The monoisotopic (exact) mass is 537 g/mol. The molecule has 31 heavy (non-hydrogen) atoms. The molecule has 0 aliphatic carbocycles. The zero-order valence-corrected chi connectivity index (χ0v) is 19.7. The van der Waals surface area contributed by atoms with Crippen LogP contribution in [0.5, 0.6) is 11.5 Å². The zero-order valence-electron chi connectivity index (χ0n) is 15.8. The van der Waals surface area contributed by atoms with Crippen molar-refractivity contribution >= 4 is 67.9 Å². The van der Waals surface area contributed by atoms with Crippen LogP contribution in [0.4, 0.5) is 5.82 Å². The van der Waals surface area contributed by atoms with Crippen LogP contribution in [0, 0.1) is 0 Å². The lowest BCUT2D eigenvalue weighted by atomic mass is 10.1. The number of ether oxygens (including phenoxy) is 2. The van der Waals surface area contributed by atoms with E-state index in [1.165, 1.54) is 18.1 Å². The molecule has 0 radical (unpaired) electrons. The fraction of sp³-hybridized carbons (Fsp3) is 0.150. The van der Waals surface area contributed by atoms with E-state index in [4.69, 9.17) is 43.4 Å². The molecule has 158 valence electrons. The van der Waals surface area contributed by atoms with Gasteiger partial charge in [0.05, 0.1) is 0 Å². The number of fused-ring (bicyclic) bond motifs is 2. The number of benzene rings is 2. The Balaban J connectivity index is 1.54. The molecular formula is C20H14BrCl2N5O2S. The van der Waals surface area contributed by atoms with E-state index in [2.05, 4.69) is 25.9 Å². The highest BCUT2D eigenvalue weighted by atomic mass is 79.9. The average molecular weight is 539 g/mol. The summed E-state index contributed by atoms with van der Waals surface area (Å²) in [6, 6.07) is 9.28. The predicted octanol–water partition coefficient (Wildman–Crippen LogP) is 5.60. The van der Waals surface area contributed by atoms with Crippen LogP contribution in [-0.2, 0) is 13.0 Å². The summed E-state index contributed by atoms with van der Waals surface area (Å²) in [6.45, 7) is 0.764. The van der Waals surface area contributed by atoms with Gasteiger partial charge in [-0.25, -0.2) is 15.0 Å². The highest BCUT2D eigenvalue weighted by molar-refractivity contribution is 9.10. The van der Waals surface area contributed by atoms with E-state index >= 15 is 0 Å². The lowest BCUT2D eigenvalue weighted by Crippen LogP contribution is -2.05. The summed E-state index contributed by atoms with van der Waals surface area (Å²) in [7, 11) is 0. The number of aryl methyl sites for hydroxylation is 1. The zero-order chi connectivity index (χ0) is 21.5. The van der Waals surface area contributed by atoms with Gasteiger partial charge in [-0.2, -0.15) is 0 Å². The number of aromatic nitrogens is 4. The highest BCUT2D eigenvalue weighted by Gasteiger charge is 2.21. The number of halogens is 3. The van der Waals surface area contributed by atoms with Gasteiger partial charge in [-0.1, -0.05) is 41.0 Å². The maximum Gasteiger partial charge on any atom is 0.231 e. The van der Waals surface area contributed by atoms with Gasteiger partial charge >= 0.3 is 0 Å². The van der Waals surface area contributed by atoms with Crippen LogP contribution in [0.15, 0.2) is 51.2 Å². The van der Waals surface area contributed by atoms with Crippen LogP contribution >= 0.6 is 50.9 Å². The number of hydrogen-bond donors (Lipinski definition) is 1. The van der Waals surface area contributed by atoms with Crippen molar-refractivity contribution in [2.24, 2.45) is 0 Å². The van der Waals surface area contributed by atoms with Crippen molar-refractivity contribution in [1.29, 1.82) is 0 Å². The number of rotatable bonds is 5. The highest BCUT2D eigenvalue weighted by Crippen LogP contribution is 2.43. The Bertz CT molecular complexity index is 1300. The molecular weight excluding hydrogens is 525 g/mol. The van der Waals surface area contributed by atoms with Crippen molar-refractivity contribution < 1.29 is 9.47 Å². The number of nitrogen functional groups attached to an aromatic ring is 1. The number of nitrogens with two attached hydrogens (primary N) is 1. The molecule has 2 aromatic carbocycles. The summed E-state index contributed by atoms with van der Waals surface area (Å²) in [6.07, 6.45) is 2.03. The third kappa shape index (κ3) is 3.91. The SMILES string of the molecule is Nc1ncnc2c1nc(Sc1cc3c(cc1Br)OCO3)n2CCc1c(Cl)cccc1Cl. The average Bonchev–Trinajstić information content (AvgIpc) is 3.33. The molecule has 0 spiro atoms. The predicted molar refractivity (Wildman–Crippen MR) is 124 cm³/mol. The molecule has 1 aliphatic heterocycles. The minimum Gasteiger partial charge on any atom is -0.454 e. The van der Waals surface area contributed by atoms with Crippen molar-refractivity contribution in [2.45, 2.75) is 23.0 Å². The molecule has 0 bridgehead atoms. The smallest absolute Gasteiger partial charge is 0.231 e. The van der Waals surface area contributed by atoms with Gasteiger partial charge in [0.2, 0.25) is 6.79 Å². The first-order chi connectivity index (χ1) is 15.0. The first-order valence-electron chi connectivity index (χ1n) is 9.18. The minimum atomic E-state index is 0.207. The second kappa shape index (κ2) is 8.38. The van der Waals surface area contributed by atoms with Crippen molar-refractivity contribution in [3.63, 3.8) is 0 Å². The molecule has 1 aliphatic rings. The van der Waals surface area contributed by atoms with E-state index in [0.29, 0.717) is 56.6 Å². The lowest BCUT2D eigenvalue weighted by molar-refractivity contribution is 0.174. The fourth-order valence-corrected chi connectivity index (χ4v) is 5.38. The van der Waals surface area contributed by atoms with Gasteiger partial charge in [-0.05, 0) is 52.2 Å². The van der Waals surface area contributed by atoms with Crippen LogP contribution in [0.25, 0.3) is 11.2 Å². The number of hydrogen-bond acceptors (Lipinski definition) is 7. The topological polar surface area (TPSA) is 88.1 Å². The lowest BCUT2D eigenvalue weighted by Gasteiger charge is -2.11. The fourth-order valence-electron chi connectivity index (χ4n) is 3.28. The standard InChI is InChI=1S/C20H14BrCl2N5O2S/c21-11-6-14-15(30-9-29-14)7-16(11)31-20-27-17-18(24)25-8-26-19(17)28(20)5-4-10-12(22)2-1-3-13(10)23/h1-3,6-8H,4-5,9H2,(H2,24,25,26). The van der Waals surface area contributed by atoms with Gasteiger partial charge < -0.3 is 19.8 Å². The number of nitrogens with zero attached hydrogens (tertiary/aromatic N) is 4. The summed E-state index contributed by atoms with van der Waals surface area (Å²) in [5.41, 5.74) is 8.13. The van der Waals surface area contributed by atoms with Gasteiger partial charge in [-0.3, -0.25) is 0 Å². The molecule has 0 saturated heterocycles. The van der Waals surface area contributed by atoms with E-state index in [1.54, 1.807) is 0 Å². The second-order valence-electron chi connectivity index (χ2n) is 6.67. The number of imidazole rings is 1. The Morgan fingerprint density at radius 3 is 2.65 bits per heavy atom. The second-order valence-corrected chi connectivity index (χ2v) is 9.34. The minimum absolute atomic E-state index is 0.207. The van der Waals surface area contributed by atoms with Gasteiger partial charge in [0.1, 0.15) is 6.33 Å². The summed E-state index contributed by atoms with van der Waals surface area (Å²) >= 11 is 17.8. The third-order valence-electron chi connectivity index (χ3n) is 4.80. The van der Waals surface area contributed by atoms with Crippen LogP contribution in [0.2, 0.25) is 10.0 Å². The van der Waals surface area contributed by atoms with E-state index in [1.807, 2.05) is 34.9 Å². The molecule has 5 rings (SSSR count). The van der Waals surface area contributed by atoms with Crippen molar-refractivity contribution in [1.82, 2.24) is 19.5 Å². The van der Waals surface area contributed by atoms with E-state index in [-0.39, 0.29) is 6.79 Å². The van der Waals surface area contributed by atoms with Crippen LogP contribution in [0.3, 0.4) is 0 Å². The Morgan fingerprint density at radius 2 is 1.87 bits per heavy atom. The Hall–Kier alpha value is -2.20. The number of anilines is 1. The van der Waals surface area contributed by atoms with Crippen molar-refractivity contribution in [2.75, 3.05) is 12.5 Å². The molecule has 3 heterocycles. The molecule has 4 aromatic rings. The van der Waals surface area contributed by atoms with Gasteiger partial charge in [0, 0.05) is 26.0 Å². The molecule has 0 fully saturated rings. The molecule has 0 saturated carbocycles. The molecule has 11 heteroatoms. The first kappa shape index (κ1) is 20.7. The molecule has 2 N–H and O–H groups in total. The normalized spacial score (nSPS) is 12.6. The Labute approximate surface area is 200 Å². The quantitative estimate of drug-likeness (QED) is 0.353. The molecule has 0 atom stereocenters. The van der Waals surface area contributed by atoms with Crippen LogP contribution in [-0.4, -0.2) is 26.3 Å². The van der Waals surface area contributed by atoms with Gasteiger partial charge in [0.15, 0.2) is 33.6 Å². The molecule has 2 aromatic heterocycles. The van der Waals surface area contributed by atoms with Crippen molar-refractivity contribution in [3.8, 4) is 11.5 Å². The van der Waals surface area contributed by atoms with Crippen LogP contribution < -0.4 is 15.2 Å². The summed E-state index contributed by atoms with van der Waals surface area (Å²) in [4.78, 5) is 14.1. The van der Waals surface area contributed by atoms with Gasteiger partial charge in [-0.15, -0.1) is 0 Å². The largest absolute Gasteiger partial charge is 0.454 e. The maximum atomic E-state index is 6.37. The molecule has 0 unspecified atom stereocenters. The Kier molecular flexibility index (Phi) is 5.60. The summed E-state index contributed by atoms with van der Waals surface area (Å²) in [5, 5.41) is 1.96. The van der Waals surface area contributed by atoms with E-state index < -0.39 is 0 Å². The first-order valence-corrected chi connectivity index (χ1v) is 11.5. The summed E-state index contributed by atoms with van der Waals surface area (Å²) < 4.78 is 13.8. The van der Waals surface area contributed by atoms with Gasteiger partial charge in [0.25, 0.3) is 0 Å².